The van der Waals surface area contributed by atoms with Crippen LogP contribution in [0.2, 0.25) is 0 Å². The van der Waals surface area contributed by atoms with Crippen molar-refractivity contribution in [3.8, 4) is 5.75 Å². The first-order valence-corrected chi connectivity index (χ1v) is 5.92. The summed E-state index contributed by atoms with van der Waals surface area (Å²) in [6, 6.07) is 12.6. The highest BCUT2D eigenvalue weighted by atomic mass is 32.1. The molecule has 0 atom stereocenters. The van der Waals surface area contributed by atoms with Crippen molar-refractivity contribution in [3.05, 3.63) is 52.2 Å². The Hall–Kier alpha value is -1.28. The summed E-state index contributed by atoms with van der Waals surface area (Å²) in [6.07, 6.45) is 2.23. The number of hydrogen-bond acceptors (Lipinski definition) is 2. The van der Waals surface area contributed by atoms with Gasteiger partial charge in [0.2, 0.25) is 0 Å². The van der Waals surface area contributed by atoms with E-state index in [0.29, 0.717) is 0 Å². The number of hydrogen-bond donors (Lipinski definition) is 0. The molecule has 0 spiro atoms. The van der Waals surface area contributed by atoms with Crippen LogP contribution in [0.25, 0.3) is 0 Å². The van der Waals surface area contributed by atoms with Crippen LogP contribution in [-0.4, -0.2) is 7.11 Å². The SMILES string of the molecule is COc1ccc(CCc2cccs2)cc1. The van der Waals surface area contributed by atoms with Gasteiger partial charge in [-0.15, -0.1) is 11.3 Å². The predicted octanol–water partition coefficient (Wildman–Crippen LogP) is 3.54. The molecule has 1 nitrogen and oxygen atoms in total. The van der Waals surface area contributed by atoms with Crippen molar-refractivity contribution in [2.75, 3.05) is 7.11 Å². The third kappa shape index (κ3) is 2.83. The molecule has 0 saturated carbocycles. The smallest absolute Gasteiger partial charge is 0.118 e. The molecule has 1 heterocycles. The van der Waals surface area contributed by atoms with Crippen LogP contribution in [0.15, 0.2) is 41.8 Å². The van der Waals surface area contributed by atoms with E-state index in [9.17, 15) is 0 Å². The van der Waals surface area contributed by atoms with Gasteiger partial charge in [-0.1, -0.05) is 18.2 Å². The van der Waals surface area contributed by atoms with Gasteiger partial charge in [-0.25, -0.2) is 0 Å². The number of methoxy groups -OCH3 is 1. The van der Waals surface area contributed by atoms with E-state index in [0.717, 1.165) is 18.6 Å². The average Bonchev–Trinajstić information content (AvgIpc) is 2.80. The molecule has 0 aliphatic rings. The molecule has 15 heavy (non-hydrogen) atoms. The lowest BCUT2D eigenvalue weighted by Crippen LogP contribution is -1.89. The van der Waals surface area contributed by atoms with Gasteiger partial charge in [0, 0.05) is 4.88 Å². The Labute approximate surface area is 94.3 Å². The first kappa shape index (κ1) is 10.2. The quantitative estimate of drug-likeness (QED) is 0.762. The molecule has 78 valence electrons. The number of ether oxygens (including phenoxy) is 1. The summed E-state index contributed by atoms with van der Waals surface area (Å²) in [4.78, 5) is 1.45. The third-order valence-electron chi connectivity index (χ3n) is 2.40. The van der Waals surface area contributed by atoms with Crippen LogP contribution in [0.3, 0.4) is 0 Å². The molecule has 0 aliphatic heterocycles. The van der Waals surface area contributed by atoms with E-state index in [-0.39, 0.29) is 0 Å². The van der Waals surface area contributed by atoms with E-state index < -0.39 is 0 Å². The summed E-state index contributed by atoms with van der Waals surface area (Å²) in [5, 5.41) is 2.13. The first-order chi connectivity index (χ1) is 7.38. The molecular formula is C13H14OS. The molecule has 0 bridgehead atoms. The Morgan fingerprint density at radius 3 is 2.47 bits per heavy atom. The fourth-order valence-corrected chi connectivity index (χ4v) is 2.22. The van der Waals surface area contributed by atoms with Crippen molar-refractivity contribution >= 4 is 11.3 Å². The van der Waals surface area contributed by atoms with Crippen molar-refractivity contribution in [1.29, 1.82) is 0 Å². The largest absolute Gasteiger partial charge is 0.497 e. The van der Waals surface area contributed by atoms with Crippen LogP contribution >= 0.6 is 11.3 Å². The van der Waals surface area contributed by atoms with Gasteiger partial charge < -0.3 is 4.74 Å². The summed E-state index contributed by atoms with van der Waals surface area (Å²) in [5.41, 5.74) is 1.37. The monoisotopic (exact) mass is 218 g/mol. The lowest BCUT2D eigenvalue weighted by molar-refractivity contribution is 0.414. The van der Waals surface area contributed by atoms with Gasteiger partial charge in [-0.05, 0) is 42.0 Å². The molecule has 0 aliphatic carbocycles. The van der Waals surface area contributed by atoms with E-state index in [2.05, 4.69) is 29.6 Å². The number of thiophene rings is 1. The van der Waals surface area contributed by atoms with E-state index in [1.807, 2.05) is 23.5 Å². The maximum Gasteiger partial charge on any atom is 0.118 e. The van der Waals surface area contributed by atoms with Crippen LogP contribution in [-0.2, 0) is 12.8 Å². The van der Waals surface area contributed by atoms with Crippen molar-refractivity contribution in [2.24, 2.45) is 0 Å². The van der Waals surface area contributed by atoms with Gasteiger partial charge in [0.1, 0.15) is 5.75 Å². The van der Waals surface area contributed by atoms with E-state index in [1.165, 1.54) is 10.4 Å². The molecule has 1 aromatic carbocycles. The number of aryl methyl sites for hydroxylation is 2. The van der Waals surface area contributed by atoms with Gasteiger partial charge in [-0.3, -0.25) is 0 Å². The second-order valence-corrected chi connectivity index (χ2v) is 4.46. The Morgan fingerprint density at radius 1 is 1.07 bits per heavy atom. The zero-order valence-corrected chi connectivity index (χ0v) is 9.59. The Bertz CT molecular complexity index is 389. The highest BCUT2D eigenvalue weighted by Gasteiger charge is 1.97. The maximum atomic E-state index is 5.12. The minimum Gasteiger partial charge on any atom is -0.497 e. The Kier molecular flexibility index (Phi) is 3.41. The lowest BCUT2D eigenvalue weighted by atomic mass is 10.1. The zero-order valence-electron chi connectivity index (χ0n) is 8.77. The molecule has 2 aromatic rings. The fourth-order valence-electron chi connectivity index (χ4n) is 1.51. The van der Waals surface area contributed by atoms with Gasteiger partial charge >= 0.3 is 0 Å². The minimum absolute atomic E-state index is 0.926. The maximum absolute atomic E-state index is 5.12. The second kappa shape index (κ2) is 4.99. The van der Waals surface area contributed by atoms with Crippen molar-refractivity contribution < 1.29 is 4.74 Å². The average molecular weight is 218 g/mol. The van der Waals surface area contributed by atoms with Crippen LogP contribution < -0.4 is 4.74 Å². The van der Waals surface area contributed by atoms with Crippen LogP contribution in [0.4, 0.5) is 0 Å². The summed E-state index contributed by atoms with van der Waals surface area (Å²) in [7, 11) is 1.70. The summed E-state index contributed by atoms with van der Waals surface area (Å²) < 4.78 is 5.12. The van der Waals surface area contributed by atoms with Crippen molar-refractivity contribution in [3.63, 3.8) is 0 Å². The molecule has 0 amide bonds. The fraction of sp³-hybridized carbons (Fsp3) is 0.231. The number of benzene rings is 1. The normalized spacial score (nSPS) is 10.2. The molecule has 1 aromatic heterocycles. The Balaban J connectivity index is 1.93. The third-order valence-corrected chi connectivity index (χ3v) is 3.34. The zero-order chi connectivity index (χ0) is 10.5. The van der Waals surface area contributed by atoms with E-state index in [4.69, 9.17) is 4.74 Å². The molecule has 0 N–H and O–H groups in total. The predicted molar refractivity (Wildman–Crippen MR) is 64.7 cm³/mol. The Morgan fingerprint density at radius 2 is 1.87 bits per heavy atom. The van der Waals surface area contributed by atoms with Gasteiger partial charge in [-0.2, -0.15) is 0 Å². The van der Waals surface area contributed by atoms with Gasteiger partial charge in [0.25, 0.3) is 0 Å². The lowest BCUT2D eigenvalue weighted by Gasteiger charge is -2.02. The van der Waals surface area contributed by atoms with E-state index in [1.54, 1.807) is 7.11 Å². The van der Waals surface area contributed by atoms with Crippen molar-refractivity contribution in [2.45, 2.75) is 12.8 Å². The molecule has 2 heteroatoms. The first-order valence-electron chi connectivity index (χ1n) is 5.04. The van der Waals surface area contributed by atoms with Crippen LogP contribution in [0.1, 0.15) is 10.4 Å². The molecule has 0 radical (unpaired) electrons. The second-order valence-electron chi connectivity index (χ2n) is 3.43. The molecule has 0 saturated heterocycles. The van der Waals surface area contributed by atoms with Crippen molar-refractivity contribution in [1.82, 2.24) is 0 Å². The topological polar surface area (TPSA) is 9.23 Å². The number of rotatable bonds is 4. The van der Waals surface area contributed by atoms with E-state index >= 15 is 0 Å². The molecule has 2 rings (SSSR count). The minimum atomic E-state index is 0.926. The molecule has 0 fully saturated rings. The van der Waals surface area contributed by atoms with Crippen LogP contribution in [0.5, 0.6) is 5.75 Å². The summed E-state index contributed by atoms with van der Waals surface area (Å²) >= 11 is 1.83. The summed E-state index contributed by atoms with van der Waals surface area (Å²) in [5.74, 6) is 0.926. The standard InChI is InChI=1S/C13H14OS/c1-14-12-7-4-11(5-8-12)6-9-13-3-2-10-15-13/h2-5,7-8,10H,6,9H2,1H3. The molecule has 0 unspecified atom stereocenters. The molecular weight excluding hydrogens is 204 g/mol. The highest BCUT2D eigenvalue weighted by Crippen LogP contribution is 2.15. The highest BCUT2D eigenvalue weighted by molar-refractivity contribution is 7.09. The van der Waals surface area contributed by atoms with Crippen LogP contribution in [0, 0.1) is 0 Å². The van der Waals surface area contributed by atoms with Gasteiger partial charge in [0.05, 0.1) is 7.11 Å². The van der Waals surface area contributed by atoms with Gasteiger partial charge in [0.15, 0.2) is 0 Å². The summed E-state index contributed by atoms with van der Waals surface area (Å²) in [6.45, 7) is 0.